The van der Waals surface area contributed by atoms with E-state index < -0.39 is 11.8 Å². The predicted molar refractivity (Wildman–Crippen MR) is 64.5 cm³/mol. The minimum Gasteiger partial charge on any atom is -0.441 e. The molecule has 0 bridgehead atoms. The molecule has 0 aliphatic rings. The number of benzene rings is 1. The van der Waals surface area contributed by atoms with Crippen molar-refractivity contribution in [2.75, 3.05) is 0 Å². The van der Waals surface area contributed by atoms with Gasteiger partial charge in [-0.3, -0.25) is 14.9 Å². The fourth-order valence-corrected chi connectivity index (χ4v) is 1.28. The number of carbonyl (C=O) groups is 2. The number of hydrogen-bond donors (Lipinski definition) is 1. The van der Waals surface area contributed by atoms with Gasteiger partial charge < -0.3 is 4.42 Å². The highest BCUT2D eigenvalue weighted by atomic mass is 16.3. The van der Waals surface area contributed by atoms with Crippen LogP contribution in [0.3, 0.4) is 0 Å². The van der Waals surface area contributed by atoms with E-state index in [0.29, 0.717) is 0 Å². The molecular formula is C13H10N2O3. The molecule has 0 radical (unpaired) electrons. The van der Waals surface area contributed by atoms with E-state index in [0.717, 1.165) is 5.56 Å². The zero-order chi connectivity index (χ0) is 12.8. The second-order valence-corrected chi connectivity index (χ2v) is 3.40. The van der Waals surface area contributed by atoms with Crippen molar-refractivity contribution in [3.63, 3.8) is 0 Å². The van der Waals surface area contributed by atoms with E-state index in [2.05, 4.69) is 10.3 Å². The highest BCUT2D eigenvalue weighted by Crippen LogP contribution is 2.00. The summed E-state index contributed by atoms with van der Waals surface area (Å²) in [6, 6.07) is 9.29. The van der Waals surface area contributed by atoms with Crippen LogP contribution in [0, 0.1) is 0 Å². The summed E-state index contributed by atoms with van der Waals surface area (Å²) in [5.41, 5.74) is 0.872. The van der Waals surface area contributed by atoms with Gasteiger partial charge in [0.2, 0.25) is 0 Å². The molecule has 2 aromatic rings. The van der Waals surface area contributed by atoms with Crippen LogP contribution < -0.4 is 5.32 Å². The Morgan fingerprint density at radius 3 is 2.67 bits per heavy atom. The van der Waals surface area contributed by atoms with Gasteiger partial charge in [0, 0.05) is 6.08 Å². The standard InChI is InChI=1S/C13H10N2O3/c16-11(7-6-10-4-2-1-3-5-10)15-12(17)13-14-8-9-18-13/h1-9H,(H,15,16,17)/b7-6+. The first-order chi connectivity index (χ1) is 8.75. The van der Waals surface area contributed by atoms with Crippen molar-refractivity contribution in [1.29, 1.82) is 0 Å². The van der Waals surface area contributed by atoms with Gasteiger partial charge in [0.25, 0.3) is 11.8 Å². The highest BCUT2D eigenvalue weighted by Gasteiger charge is 2.11. The van der Waals surface area contributed by atoms with Crippen LogP contribution in [-0.2, 0) is 4.79 Å². The SMILES string of the molecule is O=C(/C=C/c1ccccc1)NC(=O)c1ncco1. The maximum Gasteiger partial charge on any atom is 0.313 e. The largest absolute Gasteiger partial charge is 0.441 e. The van der Waals surface area contributed by atoms with E-state index in [9.17, 15) is 9.59 Å². The monoisotopic (exact) mass is 242 g/mol. The maximum absolute atomic E-state index is 11.4. The lowest BCUT2D eigenvalue weighted by molar-refractivity contribution is -0.115. The molecule has 2 amide bonds. The van der Waals surface area contributed by atoms with Gasteiger partial charge in [-0.2, -0.15) is 0 Å². The number of nitrogens with one attached hydrogen (secondary N) is 1. The van der Waals surface area contributed by atoms with Crippen LogP contribution in [0.2, 0.25) is 0 Å². The molecule has 0 unspecified atom stereocenters. The first kappa shape index (κ1) is 11.8. The lowest BCUT2D eigenvalue weighted by Crippen LogP contribution is -2.28. The molecule has 0 aliphatic carbocycles. The molecule has 5 heteroatoms. The van der Waals surface area contributed by atoms with Crippen LogP contribution in [0.25, 0.3) is 6.08 Å². The number of oxazole rings is 1. The minimum atomic E-state index is -0.664. The number of nitrogens with zero attached hydrogens (tertiary/aromatic N) is 1. The molecule has 0 saturated carbocycles. The van der Waals surface area contributed by atoms with E-state index in [1.54, 1.807) is 6.08 Å². The van der Waals surface area contributed by atoms with Crippen molar-refractivity contribution < 1.29 is 14.0 Å². The molecule has 0 saturated heterocycles. The minimum absolute atomic E-state index is 0.142. The third kappa shape index (κ3) is 3.15. The first-order valence-electron chi connectivity index (χ1n) is 5.23. The Bertz CT molecular complexity index is 559. The Morgan fingerprint density at radius 1 is 1.22 bits per heavy atom. The van der Waals surface area contributed by atoms with Crippen molar-refractivity contribution in [2.24, 2.45) is 0 Å². The summed E-state index contributed by atoms with van der Waals surface area (Å²) in [6.07, 6.45) is 5.48. The van der Waals surface area contributed by atoms with Crippen molar-refractivity contribution >= 4 is 17.9 Å². The highest BCUT2D eigenvalue weighted by molar-refractivity contribution is 6.07. The maximum atomic E-state index is 11.4. The molecule has 1 heterocycles. The van der Waals surface area contributed by atoms with Crippen LogP contribution in [0.5, 0.6) is 0 Å². The number of aromatic nitrogens is 1. The summed E-state index contributed by atoms with van der Waals surface area (Å²) in [5.74, 6) is -1.33. The van der Waals surface area contributed by atoms with Gasteiger partial charge in [-0.1, -0.05) is 30.3 Å². The van der Waals surface area contributed by atoms with Crippen LogP contribution in [0.1, 0.15) is 16.2 Å². The van der Waals surface area contributed by atoms with Gasteiger partial charge in [-0.25, -0.2) is 4.98 Å². The Balaban J connectivity index is 1.93. The van der Waals surface area contributed by atoms with E-state index in [1.807, 2.05) is 30.3 Å². The zero-order valence-corrected chi connectivity index (χ0v) is 9.37. The summed E-state index contributed by atoms with van der Waals surface area (Å²) >= 11 is 0. The zero-order valence-electron chi connectivity index (χ0n) is 9.37. The van der Waals surface area contributed by atoms with E-state index in [4.69, 9.17) is 4.42 Å². The molecule has 0 atom stereocenters. The topological polar surface area (TPSA) is 72.2 Å². The number of imide groups is 1. The van der Waals surface area contributed by atoms with Crippen molar-refractivity contribution in [1.82, 2.24) is 10.3 Å². The van der Waals surface area contributed by atoms with Gasteiger partial charge in [-0.15, -0.1) is 0 Å². The van der Waals surface area contributed by atoms with Gasteiger partial charge >= 0.3 is 5.91 Å². The molecule has 0 aliphatic heterocycles. The molecule has 5 nitrogen and oxygen atoms in total. The molecule has 18 heavy (non-hydrogen) atoms. The molecule has 2 rings (SSSR count). The quantitative estimate of drug-likeness (QED) is 0.830. The van der Waals surface area contributed by atoms with Crippen LogP contribution in [-0.4, -0.2) is 16.8 Å². The summed E-state index contributed by atoms with van der Waals surface area (Å²) in [6.45, 7) is 0. The van der Waals surface area contributed by atoms with Gasteiger partial charge in [-0.05, 0) is 11.6 Å². The Kier molecular flexibility index (Phi) is 3.66. The van der Waals surface area contributed by atoms with E-state index in [1.165, 1.54) is 18.5 Å². The third-order valence-corrected chi connectivity index (χ3v) is 2.09. The van der Waals surface area contributed by atoms with E-state index >= 15 is 0 Å². The molecule has 1 aromatic heterocycles. The second kappa shape index (κ2) is 5.58. The van der Waals surface area contributed by atoms with Gasteiger partial charge in [0.05, 0.1) is 6.20 Å². The van der Waals surface area contributed by atoms with Crippen LogP contribution >= 0.6 is 0 Å². The van der Waals surface area contributed by atoms with Crippen molar-refractivity contribution in [3.05, 3.63) is 60.3 Å². The first-order valence-corrected chi connectivity index (χ1v) is 5.23. The molecule has 0 spiro atoms. The number of carbonyl (C=O) groups excluding carboxylic acids is 2. The molecular weight excluding hydrogens is 232 g/mol. The lowest BCUT2D eigenvalue weighted by Gasteiger charge is -1.96. The third-order valence-electron chi connectivity index (χ3n) is 2.09. The fraction of sp³-hybridized carbons (Fsp3) is 0. The van der Waals surface area contributed by atoms with Crippen molar-refractivity contribution in [2.45, 2.75) is 0 Å². The van der Waals surface area contributed by atoms with E-state index in [-0.39, 0.29) is 5.89 Å². The normalized spacial score (nSPS) is 10.4. The number of amides is 2. The predicted octanol–water partition coefficient (Wildman–Crippen LogP) is 1.64. The summed E-state index contributed by atoms with van der Waals surface area (Å²) < 4.78 is 4.76. The summed E-state index contributed by atoms with van der Waals surface area (Å²) in [7, 11) is 0. The smallest absolute Gasteiger partial charge is 0.313 e. The molecule has 1 aromatic carbocycles. The van der Waals surface area contributed by atoms with Crippen LogP contribution in [0.4, 0.5) is 0 Å². The average Bonchev–Trinajstić information content (AvgIpc) is 2.91. The Hall–Kier alpha value is -2.69. The molecule has 90 valence electrons. The summed E-state index contributed by atoms with van der Waals surface area (Å²) in [5, 5.41) is 2.13. The lowest BCUT2D eigenvalue weighted by atomic mass is 10.2. The second-order valence-electron chi connectivity index (χ2n) is 3.40. The Morgan fingerprint density at radius 2 is 2.00 bits per heavy atom. The average molecular weight is 242 g/mol. The number of hydrogen-bond acceptors (Lipinski definition) is 4. The summed E-state index contributed by atoms with van der Waals surface area (Å²) in [4.78, 5) is 26.5. The van der Waals surface area contributed by atoms with Crippen molar-refractivity contribution in [3.8, 4) is 0 Å². The molecule has 0 fully saturated rings. The fourth-order valence-electron chi connectivity index (χ4n) is 1.28. The Labute approximate surface area is 103 Å². The molecule has 1 N–H and O–H groups in total. The number of rotatable bonds is 3. The van der Waals surface area contributed by atoms with Gasteiger partial charge in [0.1, 0.15) is 6.26 Å². The van der Waals surface area contributed by atoms with Crippen LogP contribution in [0.15, 0.2) is 53.3 Å². The van der Waals surface area contributed by atoms with Gasteiger partial charge in [0.15, 0.2) is 0 Å².